The lowest BCUT2D eigenvalue weighted by molar-refractivity contribution is 0.0950. The molecule has 0 fully saturated rings. The number of amides is 1. The van der Waals surface area contributed by atoms with E-state index >= 15 is 0 Å². The van der Waals surface area contributed by atoms with Gasteiger partial charge in [-0.1, -0.05) is 18.2 Å². The number of hydrogen-bond acceptors (Lipinski definition) is 4. The Balaban J connectivity index is 2.28. The van der Waals surface area contributed by atoms with Crippen molar-refractivity contribution in [1.29, 1.82) is 0 Å². The van der Waals surface area contributed by atoms with Crippen LogP contribution in [0.25, 0.3) is 0 Å². The summed E-state index contributed by atoms with van der Waals surface area (Å²) in [5, 5.41) is 2.59. The molecule has 0 saturated heterocycles. The van der Waals surface area contributed by atoms with Crippen LogP contribution in [-0.2, 0) is 16.6 Å². The number of ether oxygens (including phenoxy) is 1. The van der Waals surface area contributed by atoms with Crippen LogP contribution >= 0.6 is 0 Å². The van der Waals surface area contributed by atoms with E-state index in [2.05, 4.69) is 10.0 Å². The lowest BCUT2D eigenvalue weighted by Gasteiger charge is -2.21. The van der Waals surface area contributed by atoms with Crippen molar-refractivity contribution in [3.63, 3.8) is 0 Å². The maximum atomic E-state index is 13.7. The Morgan fingerprint density at radius 2 is 1.81 bits per heavy atom. The number of hydrogen-bond donors (Lipinski definition) is 2. The van der Waals surface area contributed by atoms with Gasteiger partial charge in [0, 0.05) is 23.2 Å². The zero-order chi connectivity index (χ0) is 20.2. The van der Waals surface area contributed by atoms with E-state index in [1.165, 1.54) is 31.4 Å². The molecule has 2 aromatic carbocycles. The van der Waals surface area contributed by atoms with Crippen molar-refractivity contribution in [3.8, 4) is 5.75 Å². The molecular formula is C19H23FN2O4S. The molecule has 8 heteroatoms. The molecule has 0 spiro atoms. The van der Waals surface area contributed by atoms with Gasteiger partial charge in [-0.15, -0.1) is 0 Å². The summed E-state index contributed by atoms with van der Waals surface area (Å²) in [5.74, 6) is -0.823. The highest BCUT2D eigenvalue weighted by molar-refractivity contribution is 7.89. The third-order valence-corrected chi connectivity index (χ3v) is 5.33. The lowest BCUT2D eigenvalue weighted by Crippen LogP contribution is -2.40. The van der Waals surface area contributed by atoms with Crippen molar-refractivity contribution in [2.75, 3.05) is 7.11 Å². The van der Waals surface area contributed by atoms with Crippen LogP contribution in [0.3, 0.4) is 0 Å². The third kappa shape index (κ3) is 5.51. The van der Waals surface area contributed by atoms with E-state index in [9.17, 15) is 17.6 Å². The van der Waals surface area contributed by atoms with Crippen LogP contribution in [0.4, 0.5) is 4.39 Å². The first-order chi connectivity index (χ1) is 12.5. The third-order valence-electron chi connectivity index (χ3n) is 3.55. The Bertz CT molecular complexity index is 937. The second-order valence-electron chi connectivity index (χ2n) is 7.00. The molecule has 0 saturated carbocycles. The van der Waals surface area contributed by atoms with E-state index in [1.54, 1.807) is 39.0 Å². The fourth-order valence-electron chi connectivity index (χ4n) is 2.41. The van der Waals surface area contributed by atoms with Crippen LogP contribution in [0, 0.1) is 5.82 Å². The van der Waals surface area contributed by atoms with Gasteiger partial charge in [-0.05, 0) is 45.0 Å². The molecule has 0 bridgehead atoms. The number of rotatable bonds is 6. The van der Waals surface area contributed by atoms with Gasteiger partial charge in [0.25, 0.3) is 5.91 Å². The van der Waals surface area contributed by atoms with Crippen molar-refractivity contribution in [2.45, 2.75) is 37.8 Å². The van der Waals surface area contributed by atoms with Crippen molar-refractivity contribution < 1.29 is 22.3 Å². The largest absolute Gasteiger partial charge is 0.495 e. The number of halogens is 1. The second kappa shape index (κ2) is 8.06. The SMILES string of the molecule is COc1ccc(C(=O)NCc2ccccc2F)cc1S(=O)(=O)NC(C)(C)C. The summed E-state index contributed by atoms with van der Waals surface area (Å²) in [4.78, 5) is 12.3. The summed E-state index contributed by atoms with van der Waals surface area (Å²) in [6.45, 7) is 5.12. The Morgan fingerprint density at radius 1 is 1.15 bits per heavy atom. The minimum absolute atomic E-state index is 0.0140. The van der Waals surface area contributed by atoms with Gasteiger partial charge < -0.3 is 10.1 Å². The topological polar surface area (TPSA) is 84.5 Å². The van der Waals surface area contributed by atoms with Crippen molar-refractivity contribution in [2.24, 2.45) is 0 Å². The second-order valence-corrected chi connectivity index (χ2v) is 8.65. The zero-order valence-electron chi connectivity index (χ0n) is 15.7. The number of benzene rings is 2. The van der Waals surface area contributed by atoms with Crippen molar-refractivity contribution in [1.82, 2.24) is 10.0 Å². The van der Waals surface area contributed by atoms with Gasteiger partial charge in [0.15, 0.2) is 0 Å². The first-order valence-corrected chi connectivity index (χ1v) is 9.75. The Hall–Kier alpha value is -2.45. The highest BCUT2D eigenvalue weighted by Crippen LogP contribution is 2.26. The highest BCUT2D eigenvalue weighted by atomic mass is 32.2. The average molecular weight is 394 g/mol. The maximum Gasteiger partial charge on any atom is 0.251 e. The summed E-state index contributed by atoms with van der Waals surface area (Å²) >= 11 is 0. The summed E-state index contributed by atoms with van der Waals surface area (Å²) in [5.41, 5.74) is -0.240. The smallest absolute Gasteiger partial charge is 0.251 e. The lowest BCUT2D eigenvalue weighted by atomic mass is 10.1. The normalized spacial score (nSPS) is 11.9. The number of sulfonamides is 1. The minimum atomic E-state index is -3.91. The molecule has 0 aliphatic rings. The quantitative estimate of drug-likeness (QED) is 0.789. The molecule has 0 radical (unpaired) electrons. The van der Waals surface area contributed by atoms with Crippen molar-refractivity contribution in [3.05, 3.63) is 59.4 Å². The molecule has 0 atom stereocenters. The van der Waals surface area contributed by atoms with Gasteiger partial charge in [-0.3, -0.25) is 4.79 Å². The van der Waals surface area contributed by atoms with E-state index < -0.39 is 27.3 Å². The van der Waals surface area contributed by atoms with Crippen LogP contribution in [0.2, 0.25) is 0 Å². The first kappa shape index (κ1) is 20.9. The molecule has 0 unspecified atom stereocenters. The fourth-order valence-corrected chi connectivity index (χ4v) is 4.02. The minimum Gasteiger partial charge on any atom is -0.495 e. The van der Waals surface area contributed by atoms with Gasteiger partial charge in [-0.2, -0.15) is 0 Å². The van der Waals surface area contributed by atoms with Crippen LogP contribution in [-0.4, -0.2) is 27.0 Å². The fraction of sp³-hybridized carbons (Fsp3) is 0.316. The van der Waals surface area contributed by atoms with E-state index in [4.69, 9.17) is 4.74 Å². The van der Waals surface area contributed by atoms with Crippen LogP contribution in [0.5, 0.6) is 5.75 Å². The van der Waals surface area contributed by atoms with Gasteiger partial charge >= 0.3 is 0 Å². The molecule has 6 nitrogen and oxygen atoms in total. The number of carbonyl (C=O) groups excluding carboxylic acids is 1. The number of methoxy groups -OCH3 is 1. The molecule has 146 valence electrons. The Kier molecular flexibility index (Phi) is 6.22. The highest BCUT2D eigenvalue weighted by Gasteiger charge is 2.26. The van der Waals surface area contributed by atoms with E-state index in [0.29, 0.717) is 5.56 Å². The van der Waals surface area contributed by atoms with Crippen LogP contribution in [0.1, 0.15) is 36.7 Å². The Labute approximate surface area is 158 Å². The molecule has 27 heavy (non-hydrogen) atoms. The first-order valence-electron chi connectivity index (χ1n) is 8.27. The van der Waals surface area contributed by atoms with Gasteiger partial charge in [0.2, 0.25) is 10.0 Å². The maximum absolute atomic E-state index is 13.7. The molecule has 2 rings (SSSR count). The summed E-state index contributed by atoms with van der Waals surface area (Å²) < 4.78 is 46.6. The monoisotopic (exact) mass is 394 g/mol. The van der Waals surface area contributed by atoms with E-state index in [0.717, 1.165) is 0 Å². The zero-order valence-corrected chi connectivity index (χ0v) is 16.5. The molecule has 2 aromatic rings. The van der Waals surface area contributed by atoms with Gasteiger partial charge in [-0.25, -0.2) is 17.5 Å². The predicted molar refractivity (Wildman–Crippen MR) is 101 cm³/mol. The molecule has 0 aliphatic heterocycles. The summed E-state index contributed by atoms with van der Waals surface area (Å²) in [6.07, 6.45) is 0. The molecule has 0 aromatic heterocycles. The molecule has 2 N–H and O–H groups in total. The molecule has 0 heterocycles. The predicted octanol–water partition coefficient (Wildman–Crippen LogP) is 2.84. The van der Waals surface area contributed by atoms with Gasteiger partial charge in [0.05, 0.1) is 7.11 Å². The molecular weight excluding hydrogens is 371 g/mol. The summed E-state index contributed by atoms with van der Waals surface area (Å²) in [6, 6.07) is 10.2. The molecule has 0 aliphatic carbocycles. The Morgan fingerprint density at radius 3 is 2.41 bits per heavy atom. The average Bonchev–Trinajstić information content (AvgIpc) is 2.58. The van der Waals surface area contributed by atoms with E-state index in [1.807, 2.05) is 0 Å². The number of nitrogens with one attached hydrogen (secondary N) is 2. The van der Waals surface area contributed by atoms with Crippen LogP contribution in [0.15, 0.2) is 47.4 Å². The van der Waals surface area contributed by atoms with Crippen molar-refractivity contribution >= 4 is 15.9 Å². The van der Waals surface area contributed by atoms with Gasteiger partial charge in [0.1, 0.15) is 16.5 Å². The standard InChI is InChI=1S/C19H23FN2O4S/c1-19(2,3)22-27(24,25)17-11-13(9-10-16(17)26-4)18(23)21-12-14-7-5-6-8-15(14)20/h5-11,22H,12H2,1-4H3,(H,21,23). The van der Waals surface area contributed by atoms with E-state index in [-0.39, 0.29) is 22.8 Å². The molecule has 1 amide bonds. The van der Waals surface area contributed by atoms with Crippen LogP contribution < -0.4 is 14.8 Å². The summed E-state index contributed by atoms with van der Waals surface area (Å²) in [7, 11) is -2.56. The number of carbonyl (C=O) groups is 1.